The highest BCUT2D eigenvalue weighted by molar-refractivity contribution is 9.10. The van der Waals surface area contributed by atoms with Gasteiger partial charge in [0.05, 0.1) is 4.90 Å². The van der Waals surface area contributed by atoms with Crippen LogP contribution in [0.2, 0.25) is 0 Å². The van der Waals surface area contributed by atoms with Gasteiger partial charge in [-0.25, -0.2) is 12.7 Å². The number of sulfonamides is 1. The Hall–Kier alpha value is -2.19. The lowest BCUT2D eigenvalue weighted by Gasteiger charge is -2.21. The third-order valence-electron chi connectivity index (χ3n) is 3.70. The number of halogens is 1. The average molecular weight is 439 g/mol. The summed E-state index contributed by atoms with van der Waals surface area (Å²) in [6.45, 7) is 4.28. The van der Waals surface area contributed by atoms with Crippen molar-refractivity contribution in [1.82, 2.24) is 4.31 Å². The third-order valence-corrected chi connectivity index (χ3v) is 6.06. The molecule has 1 N–H and O–H groups in total. The number of anilines is 1. The van der Waals surface area contributed by atoms with E-state index in [4.69, 9.17) is 0 Å². The molecule has 2 aromatic carbocycles. The van der Waals surface area contributed by atoms with E-state index in [0.717, 1.165) is 18.1 Å². The first-order chi connectivity index (χ1) is 12.1. The Kier molecular flexibility index (Phi) is 6.20. The van der Waals surface area contributed by atoms with E-state index in [0.29, 0.717) is 14.5 Å². The molecule has 0 unspecified atom stereocenters. The maximum Gasteiger partial charge on any atom is 0.266 e. The van der Waals surface area contributed by atoms with E-state index >= 15 is 0 Å². The van der Waals surface area contributed by atoms with Gasteiger partial charge >= 0.3 is 0 Å². The zero-order chi connectivity index (χ0) is 19.5. The number of nitrogens with one attached hydrogen (secondary N) is 1. The van der Waals surface area contributed by atoms with Gasteiger partial charge in [-0.1, -0.05) is 33.6 Å². The van der Waals surface area contributed by atoms with Crippen molar-refractivity contribution in [2.45, 2.75) is 25.7 Å². The van der Waals surface area contributed by atoms with E-state index in [1.807, 2.05) is 26.0 Å². The Balaban J connectivity index is 2.23. The van der Waals surface area contributed by atoms with E-state index < -0.39 is 28.4 Å². The molecule has 8 heteroatoms. The van der Waals surface area contributed by atoms with Crippen molar-refractivity contribution in [3.05, 3.63) is 58.1 Å². The number of amides is 2. The van der Waals surface area contributed by atoms with Crippen molar-refractivity contribution in [3.63, 3.8) is 0 Å². The molecule has 6 nitrogen and oxygen atoms in total. The molecule has 0 saturated carbocycles. The van der Waals surface area contributed by atoms with Crippen LogP contribution in [0.5, 0.6) is 0 Å². The van der Waals surface area contributed by atoms with Gasteiger partial charge in [-0.2, -0.15) is 0 Å². The molecular weight excluding hydrogens is 420 g/mol. The predicted molar refractivity (Wildman–Crippen MR) is 103 cm³/mol. The number of carbonyl (C=O) groups excluding carboxylic acids is 2. The van der Waals surface area contributed by atoms with Gasteiger partial charge in [0.15, 0.2) is 0 Å². The second-order valence-corrected chi connectivity index (χ2v) is 8.63. The summed E-state index contributed by atoms with van der Waals surface area (Å²) in [5, 5.41) is 2.65. The lowest BCUT2D eigenvalue weighted by Crippen LogP contribution is -2.41. The standard InChI is InChI=1S/C18H19BrN2O4S/c1-12-4-9-17(13(2)10-12)20-18(23)11-21(14(3)22)26(24,25)16-7-5-15(19)6-8-16/h4-10H,11H2,1-3H3,(H,20,23). The third kappa shape index (κ3) is 4.70. The largest absolute Gasteiger partial charge is 0.324 e. The quantitative estimate of drug-likeness (QED) is 0.776. The molecule has 0 radical (unpaired) electrons. The molecule has 2 rings (SSSR count). The van der Waals surface area contributed by atoms with Crippen molar-refractivity contribution < 1.29 is 18.0 Å². The van der Waals surface area contributed by atoms with Crippen molar-refractivity contribution in [2.24, 2.45) is 0 Å². The zero-order valence-corrected chi connectivity index (χ0v) is 17.0. The summed E-state index contributed by atoms with van der Waals surface area (Å²) in [6.07, 6.45) is 0. The predicted octanol–water partition coefficient (Wildman–Crippen LogP) is 3.24. The number of nitrogens with zero attached hydrogens (tertiary/aromatic N) is 1. The zero-order valence-electron chi connectivity index (χ0n) is 14.6. The summed E-state index contributed by atoms with van der Waals surface area (Å²) in [7, 11) is -4.12. The summed E-state index contributed by atoms with van der Waals surface area (Å²) < 4.78 is 26.7. The van der Waals surface area contributed by atoms with Gasteiger partial charge in [0, 0.05) is 17.1 Å². The van der Waals surface area contributed by atoms with E-state index in [1.54, 1.807) is 18.2 Å². The maximum atomic E-state index is 12.7. The maximum absolute atomic E-state index is 12.7. The number of benzene rings is 2. The van der Waals surface area contributed by atoms with Gasteiger partial charge < -0.3 is 5.32 Å². The lowest BCUT2D eigenvalue weighted by atomic mass is 10.1. The molecule has 0 fully saturated rings. The number of hydrogen-bond donors (Lipinski definition) is 1. The molecule has 0 heterocycles. The normalized spacial score (nSPS) is 11.1. The molecular formula is C18H19BrN2O4S. The number of rotatable bonds is 5. The number of hydrogen-bond acceptors (Lipinski definition) is 4. The fourth-order valence-corrected chi connectivity index (χ4v) is 4.00. The number of aryl methyl sites for hydroxylation is 2. The molecule has 0 bridgehead atoms. The second kappa shape index (κ2) is 8.01. The highest BCUT2D eigenvalue weighted by atomic mass is 79.9. The molecule has 2 aromatic rings. The van der Waals surface area contributed by atoms with Gasteiger partial charge in [-0.3, -0.25) is 9.59 Å². The van der Waals surface area contributed by atoms with Gasteiger partial charge in [0.2, 0.25) is 11.8 Å². The first kappa shape index (κ1) is 20.1. The van der Waals surface area contributed by atoms with Crippen LogP contribution in [-0.2, 0) is 19.6 Å². The average Bonchev–Trinajstić information content (AvgIpc) is 2.55. The molecule has 0 saturated heterocycles. The Bertz CT molecular complexity index is 940. The minimum absolute atomic E-state index is 0.0600. The molecule has 0 atom stereocenters. The molecule has 26 heavy (non-hydrogen) atoms. The summed E-state index contributed by atoms with van der Waals surface area (Å²) in [6, 6.07) is 11.3. The van der Waals surface area contributed by atoms with Crippen LogP contribution in [0.25, 0.3) is 0 Å². The van der Waals surface area contributed by atoms with Crippen LogP contribution in [0.15, 0.2) is 51.8 Å². The molecule has 0 spiro atoms. The molecule has 0 aromatic heterocycles. The summed E-state index contributed by atoms with van der Waals surface area (Å²) in [4.78, 5) is 24.1. The SMILES string of the molecule is CC(=O)N(CC(=O)Nc1ccc(C)cc1C)S(=O)(=O)c1ccc(Br)cc1. The van der Waals surface area contributed by atoms with E-state index in [-0.39, 0.29) is 4.90 Å². The Morgan fingerprint density at radius 1 is 1.08 bits per heavy atom. The van der Waals surface area contributed by atoms with Gasteiger partial charge in [-0.15, -0.1) is 0 Å². The minimum atomic E-state index is -4.12. The highest BCUT2D eigenvalue weighted by Crippen LogP contribution is 2.20. The topological polar surface area (TPSA) is 83.6 Å². The van der Waals surface area contributed by atoms with Crippen molar-refractivity contribution >= 4 is 43.5 Å². The molecule has 2 amide bonds. The van der Waals surface area contributed by atoms with Gasteiger partial charge in [0.25, 0.3) is 10.0 Å². The lowest BCUT2D eigenvalue weighted by molar-refractivity contribution is -0.128. The van der Waals surface area contributed by atoms with Crippen LogP contribution in [0.3, 0.4) is 0 Å². The van der Waals surface area contributed by atoms with Crippen LogP contribution >= 0.6 is 15.9 Å². The summed E-state index contributed by atoms with van der Waals surface area (Å²) in [5.74, 6) is -1.32. The fourth-order valence-electron chi connectivity index (χ4n) is 2.37. The number of carbonyl (C=O) groups is 2. The Morgan fingerprint density at radius 2 is 1.69 bits per heavy atom. The smallest absolute Gasteiger partial charge is 0.266 e. The minimum Gasteiger partial charge on any atom is -0.324 e. The van der Waals surface area contributed by atoms with Crippen LogP contribution in [-0.4, -0.2) is 31.1 Å². The Morgan fingerprint density at radius 3 is 2.23 bits per heavy atom. The van der Waals surface area contributed by atoms with Crippen molar-refractivity contribution in [3.8, 4) is 0 Å². The molecule has 0 aliphatic rings. The van der Waals surface area contributed by atoms with E-state index in [1.165, 1.54) is 12.1 Å². The van der Waals surface area contributed by atoms with Gasteiger partial charge in [-0.05, 0) is 49.7 Å². The molecule has 0 aliphatic heterocycles. The Labute approximate surface area is 161 Å². The van der Waals surface area contributed by atoms with Crippen LogP contribution in [0.1, 0.15) is 18.1 Å². The highest BCUT2D eigenvalue weighted by Gasteiger charge is 2.29. The fraction of sp³-hybridized carbons (Fsp3) is 0.222. The van der Waals surface area contributed by atoms with Crippen LogP contribution in [0, 0.1) is 13.8 Å². The summed E-state index contributed by atoms with van der Waals surface area (Å²) in [5.41, 5.74) is 2.47. The first-order valence-electron chi connectivity index (χ1n) is 7.77. The van der Waals surface area contributed by atoms with Crippen LogP contribution in [0.4, 0.5) is 5.69 Å². The second-order valence-electron chi connectivity index (χ2n) is 5.85. The molecule has 138 valence electrons. The van der Waals surface area contributed by atoms with E-state index in [9.17, 15) is 18.0 Å². The van der Waals surface area contributed by atoms with Crippen molar-refractivity contribution in [1.29, 1.82) is 0 Å². The first-order valence-corrected chi connectivity index (χ1v) is 10.0. The molecule has 0 aliphatic carbocycles. The van der Waals surface area contributed by atoms with Crippen LogP contribution < -0.4 is 5.32 Å². The monoisotopic (exact) mass is 438 g/mol. The van der Waals surface area contributed by atoms with Crippen molar-refractivity contribution in [2.75, 3.05) is 11.9 Å². The van der Waals surface area contributed by atoms with Gasteiger partial charge in [0.1, 0.15) is 6.54 Å². The summed E-state index contributed by atoms with van der Waals surface area (Å²) >= 11 is 3.23. The van der Waals surface area contributed by atoms with E-state index in [2.05, 4.69) is 21.2 Å².